The van der Waals surface area contributed by atoms with Crippen molar-refractivity contribution < 1.29 is 9.53 Å². The van der Waals surface area contributed by atoms with Crippen LogP contribution in [0, 0.1) is 6.92 Å². The number of aromatic nitrogens is 1. The first kappa shape index (κ1) is 12.9. The molecule has 0 unspecified atom stereocenters. The van der Waals surface area contributed by atoms with Crippen LogP contribution in [0.1, 0.15) is 21.5 Å². The van der Waals surface area contributed by atoms with Crippen LogP contribution in [-0.2, 0) is 0 Å². The van der Waals surface area contributed by atoms with E-state index in [0.29, 0.717) is 23.0 Å². The average molecular weight is 289 g/mol. The SMILES string of the molecule is Cc1cc(C(=O)c2ccnc(Cl)c2)cc2c1N(C)CO2. The summed E-state index contributed by atoms with van der Waals surface area (Å²) < 4.78 is 5.58. The highest BCUT2D eigenvalue weighted by molar-refractivity contribution is 6.30. The fraction of sp³-hybridized carbons (Fsp3) is 0.200. The first-order chi connectivity index (χ1) is 9.56. The van der Waals surface area contributed by atoms with Crippen molar-refractivity contribution in [3.63, 3.8) is 0 Å². The van der Waals surface area contributed by atoms with E-state index in [1.165, 1.54) is 6.20 Å². The van der Waals surface area contributed by atoms with Gasteiger partial charge in [-0.3, -0.25) is 4.79 Å². The van der Waals surface area contributed by atoms with E-state index in [4.69, 9.17) is 16.3 Å². The molecule has 0 spiro atoms. The standard InChI is InChI=1S/C15H13ClN2O2/c1-9-5-11(6-12-14(9)18(2)8-20-12)15(19)10-3-4-17-13(16)7-10/h3-7H,8H2,1-2H3. The molecule has 20 heavy (non-hydrogen) atoms. The van der Waals surface area contributed by atoms with Gasteiger partial charge in [-0.25, -0.2) is 4.98 Å². The molecule has 0 radical (unpaired) electrons. The number of aryl methyl sites for hydroxylation is 1. The fourth-order valence-corrected chi connectivity index (χ4v) is 2.59. The van der Waals surface area contributed by atoms with Gasteiger partial charge in [0.15, 0.2) is 12.5 Å². The van der Waals surface area contributed by atoms with Gasteiger partial charge in [0.2, 0.25) is 0 Å². The summed E-state index contributed by atoms with van der Waals surface area (Å²) in [6, 6.07) is 6.88. The Morgan fingerprint density at radius 2 is 2.15 bits per heavy atom. The van der Waals surface area contributed by atoms with Gasteiger partial charge in [-0.2, -0.15) is 0 Å². The van der Waals surface area contributed by atoms with Crippen LogP contribution in [0.3, 0.4) is 0 Å². The van der Waals surface area contributed by atoms with Crippen LogP contribution in [0.4, 0.5) is 5.69 Å². The molecule has 3 rings (SSSR count). The van der Waals surface area contributed by atoms with Crippen molar-refractivity contribution in [3.8, 4) is 5.75 Å². The van der Waals surface area contributed by atoms with Crippen LogP contribution in [-0.4, -0.2) is 24.5 Å². The minimum absolute atomic E-state index is 0.0849. The number of hydrogen-bond donors (Lipinski definition) is 0. The van der Waals surface area contributed by atoms with E-state index in [-0.39, 0.29) is 5.78 Å². The molecule has 1 aromatic heterocycles. The van der Waals surface area contributed by atoms with Crippen LogP contribution in [0.15, 0.2) is 30.5 Å². The third-order valence-corrected chi connectivity index (χ3v) is 3.52. The molecule has 0 amide bonds. The van der Waals surface area contributed by atoms with Crippen molar-refractivity contribution in [1.82, 2.24) is 4.98 Å². The molecule has 0 N–H and O–H groups in total. The predicted octanol–water partition coefficient (Wildman–Crippen LogP) is 3.06. The Bertz CT molecular complexity index is 700. The van der Waals surface area contributed by atoms with Crippen molar-refractivity contribution in [2.24, 2.45) is 0 Å². The number of pyridine rings is 1. The molecule has 0 fully saturated rings. The third-order valence-electron chi connectivity index (χ3n) is 3.31. The van der Waals surface area contributed by atoms with E-state index in [1.54, 1.807) is 18.2 Å². The van der Waals surface area contributed by atoms with Crippen LogP contribution >= 0.6 is 11.6 Å². The van der Waals surface area contributed by atoms with Gasteiger partial charge in [0.25, 0.3) is 0 Å². The van der Waals surface area contributed by atoms with Crippen LogP contribution < -0.4 is 9.64 Å². The van der Waals surface area contributed by atoms with E-state index in [1.807, 2.05) is 24.9 Å². The van der Waals surface area contributed by atoms with Crippen molar-refractivity contribution in [3.05, 3.63) is 52.3 Å². The van der Waals surface area contributed by atoms with Crippen LogP contribution in [0.2, 0.25) is 5.15 Å². The number of halogens is 1. The van der Waals surface area contributed by atoms with Gasteiger partial charge in [-0.05, 0) is 36.8 Å². The second kappa shape index (κ2) is 4.80. The Morgan fingerprint density at radius 3 is 2.90 bits per heavy atom. The van der Waals surface area contributed by atoms with Gasteiger partial charge < -0.3 is 9.64 Å². The number of rotatable bonds is 2. The third kappa shape index (κ3) is 2.12. The molecule has 5 heteroatoms. The van der Waals surface area contributed by atoms with Crippen molar-refractivity contribution in [1.29, 1.82) is 0 Å². The highest BCUT2D eigenvalue weighted by Gasteiger charge is 2.22. The molecule has 102 valence electrons. The molecule has 0 atom stereocenters. The summed E-state index contributed by atoms with van der Waals surface area (Å²) in [5.74, 6) is 0.661. The number of carbonyl (C=O) groups is 1. The van der Waals surface area contributed by atoms with E-state index in [2.05, 4.69) is 4.98 Å². The number of ether oxygens (including phenoxy) is 1. The Hall–Kier alpha value is -2.07. The zero-order chi connectivity index (χ0) is 14.3. The lowest BCUT2D eigenvalue weighted by atomic mass is 10.0. The zero-order valence-corrected chi connectivity index (χ0v) is 11.9. The lowest BCUT2D eigenvalue weighted by Gasteiger charge is -2.12. The lowest BCUT2D eigenvalue weighted by Crippen LogP contribution is -2.15. The monoisotopic (exact) mass is 288 g/mol. The number of nitrogens with zero attached hydrogens (tertiary/aromatic N) is 2. The molecule has 1 aromatic carbocycles. The summed E-state index contributed by atoms with van der Waals surface area (Å²) in [5, 5.41) is 0.310. The van der Waals surface area contributed by atoms with Gasteiger partial charge in [0.05, 0.1) is 5.69 Å². The summed E-state index contributed by atoms with van der Waals surface area (Å²) >= 11 is 5.83. The number of hydrogen-bond acceptors (Lipinski definition) is 4. The molecule has 2 heterocycles. The number of carbonyl (C=O) groups excluding carboxylic acids is 1. The largest absolute Gasteiger partial charge is 0.471 e. The van der Waals surface area contributed by atoms with E-state index >= 15 is 0 Å². The van der Waals surface area contributed by atoms with Crippen molar-refractivity contribution >= 4 is 23.1 Å². The highest BCUT2D eigenvalue weighted by Crippen LogP contribution is 2.37. The smallest absolute Gasteiger partial charge is 0.193 e. The minimum Gasteiger partial charge on any atom is -0.471 e. The molecule has 1 aliphatic heterocycles. The molecule has 1 aliphatic rings. The first-order valence-electron chi connectivity index (χ1n) is 6.21. The number of benzene rings is 1. The van der Waals surface area contributed by atoms with Gasteiger partial charge in [-0.15, -0.1) is 0 Å². The van der Waals surface area contributed by atoms with E-state index < -0.39 is 0 Å². The first-order valence-corrected chi connectivity index (χ1v) is 6.59. The van der Waals surface area contributed by atoms with E-state index in [0.717, 1.165) is 17.0 Å². The molecule has 2 aromatic rings. The summed E-state index contributed by atoms with van der Waals surface area (Å²) in [7, 11) is 1.96. The molecule has 0 saturated carbocycles. The average Bonchev–Trinajstić information content (AvgIpc) is 2.80. The normalized spacial score (nSPS) is 13.1. The van der Waals surface area contributed by atoms with Crippen LogP contribution in [0.25, 0.3) is 0 Å². The molecule has 4 nitrogen and oxygen atoms in total. The van der Waals surface area contributed by atoms with Gasteiger partial charge in [0.1, 0.15) is 10.9 Å². The number of fused-ring (bicyclic) bond motifs is 1. The molecule has 0 saturated heterocycles. The molecular weight excluding hydrogens is 276 g/mol. The van der Waals surface area contributed by atoms with Gasteiger partial charge >= 0.3 is 0 Å². The Balaban J connectivity index is 2.04. The van der Waals surface area contributed by atoms with E-state index in [9.17, 15) is 4.79 Å². The predicted molar refractivity (Wildman–Crippen MR) is 77.8 cm³/mol. The number of ketones is 1. The highest BCUT2D eigenvalue weighted by atomic mass is 35.5. The summed E-state index contributed by atoms with van der Waals surface area (Å²) in [6.45, 7) is 2.48. The lowest BCUT2D eigenvalue weighted by molar-refractivity contribution is 0.103. The molecular formula is C15H13ClN2O2. The molecule has 0 aliphatic carbocycles. The maximum Gasteiger partial charge on any atom is 0.193 e. The van der Waals surface area contributed by atoms with Crippen molar-refractivity contribution in [2.45, 2.75) is 6.92 Å². The zero-order valence-electron chi connectivity index (χ0n) is 11.2. The second-order valence-corrected chi connectivity index (χ2v) is 5.19. The Morgan fingerprint density at radius 1 is 1.35 bits per heavy atom. The number of anilines is 1. The summed E-state index contributed by atoms with van der Waals surface area (Å²) in [5.41, 5.74) is 3.18. The quantitative estimate of drug-likeness (QED) is 0.629. The topological polar surface area (TPSA) is 42.4 Å². The second-order valence-electron chi connectivity index (χ2n) is 4.81. The fourth-order valence-electron chi connectivity index (χ4n) is 2.42. The minimum atomic E-state index is -0.0849. The van der Waals surface area contributed by atoms with Gasteiger partial charge in [0, 0.05) is 24.4 Å². The van der Waals surface area contributed by atoms with Crippen LogP contribution in [0.5, 0.6) is 5.75 Å². The van der Waals surface area contributed by atoms with Gasteiger partial charge in [-0.1, -0.05) is 11.6 Å². The van der Waals surface area contributed by atoms with Crippen molar-refractivity contribution in [2.75, 3.05) is 18.7 Å². The summed E-state index contributed by atoms with van der Waals surface area (Å²) in [4.78, 5) is 18.4. The molecule has 0 bridgehead atoms. The Labute approximate surface area is 122 Å². The Kier molecular flexibility index (Phi) is 3.10. The maximum atomic E-state index is 12.5. The summed E-state index contributed by atoms with van der Waals surface area (Å²) in [6.07, 6.45) is 1.53. The maximum absolute atomic E-state index is 12.5.